The van der Waals surface area contributed by atoms with Crippen LogP contribution in [0.5, 0.6) is 0 Å². The van der Waals surface area contributed by atoms with Gasteiger partial charge in [0.2, 0.25) is 0 Å². The van der Waals surface area contributed by atoms with Crippen molar-refractivity contribution < 1.29 is 18.4 Å². The molecule has 10 heteroatoms. The number of carbonyl (C=O) groups excluding carboxylic acids is 1. The van der Waals surface area contributed by atoms with Crippen molar-refractivity contribution in [3.63, 3.8) is 0 Å². The van der Waals surface area contributed by atoms with Crippen LogP contribution in [0.25, 0.3) is 0 Å². The summed E-state index contributed by atoms with van der Waals surface area (Å²) in [4.78, 5) is 42.4. The average molecular weight is 535 g/mol. The maximum atomic E-state index is 14.2. The second-order valence-electron chi connectivity index (χ2n) is 7.69. The fraction of sp³-hybridized carbons (Fsp3) is 0.393. The lowest BCUT2D eigenvalue weighted by atomic mass is 10.1. The summed E-state index contributed by atoms with van der Waals surface area (Å²) >= 11 is 0. The van der Waals surface area contributed by atoms with Crippen molar-refractivity contribution in [2.24, 2.45) is 5.90 Å². The molecule has 0 saturated carbocycles. The van der Waals surface area contributed by atoms with Crippen molar-refractivity contribution in [1.82, 2.24) is 14.5 Å². The molecule has 8 nitrogen and oxygen atoms in total. The second-order valence-corrected chi connectivity index (χ2v) is 7.69. The number of nitrogens with zero attached hydrogens (tertiary/aromatic N) is 2. The summed E-state index contributed by atoms with van der Waals surface area (Å²) in [5.41, 5.74) is -1.13. The van der Waals surface area contributed by atoms with E-state index in [1.54, 1.807) is 0 Å². The number of nitrogens with one attached hydrogen (secondary N) is 1. The number of rotatable bonds is 9. The zero-order chi connectivity index (χ0) is 27.8. The Bertz CT molecular complexity index is 1210. The first kappa shape index (κ1) is 34.4. The van der Waals surface area contributed by atoms with E-state index in [4.69, 9.17) is 0 Å². The van der Waals surface area contributed by atoms with E-state index in [1.807, 2.05) is 51.1 Å². The molecule has 0 atom stereocenters. The largest absolute Gasteiger partial charge is 0.352 e. The van der Waals surface area contributed by atoms with Crippen LogP contribution in [0.15, 0.2) is 64.3 Å². The van der Waals surface area contributed by atoms with E-state index in [0.717, 1.165) is 45.9 Å². The zero-order valence-electron chi connectivity index (χ0n) is 21.8. The van der Waals surface area contributed by atoms with Crippen molar-refractivity contribution in [2.45, 2.75) is 60.5 Å². The molecule has 0 saturated heterocycles. The SMILES string of the molecule is C.CC.CCCCNC(=O)c1cn(Cc2c(F)cccc2F)c(=O)n(CCc2ccccc2)c1=O.CON. The number of benzene rings is 2. The standard InChI is InChI=1S/C24H25F2N3O3.C2H6.CH5NO.CH4/c1-2-3-13-27-22(30)19-16-28(15-18-20(25)10-7-11-21(18)26)24(32)29(23(19)31)14-12-17-8-5-4-6-9-17;1-2;1-3-2;/h4-11,16H,2-3,12-15H2,1H3,(H,27,30);1-2H3;2H2,1H3;1H4. The molecular weight excluding hydrogens is 494 g/mol. The van der Waals surface area contributed by atoms with Gasteiger partial charge in [0.05, 0.1) is 13.7 Å². The predicted molar refractivity (Wildman–Crippen MR) is 147 cm³/mol. The number of aryl methyl sites for hydroxylation is 1. The second kappa shape index (κ2) is 18.6. The van der Waals surface area contributed by atoms with Crippen LogP contribution in [0.1, 0.15) is 62.5 Å². The Morgan fingerprint density at radius 2 is 1.61 bits per heavy atom. The molecule has 0 radical (unpaired) electrons. The van der Waals surface area contributed by atoms with Gasteiger partial charge in [0, 0.05) is 24.8 Å². The van der Waals surface area contributed by atoms with Gasteiger partial charge in [0.1, 0.15) is 17.2 Å². The van der Waals surface area contributed by atoms with Crippen LogP contribution >= 0.6 is 0 Å². The van der Waals surface area contributed by atoms with Crippen LogP contribution in [0.4, 0.5) is 8.78 Å². The Hall–Kier alpha value is -3.63. The average Bonchev–Trinajstić information content (AvgIpc) is 2.90. The Morgan fingerprint density at radius 1 is 1.03 bits per heavy atom. The smallest absolute Gasteiger partial charge is 0.331 e. The lowest BCUT2D eigenvalue weighted by Gasteiger charge is -2.14. The molecule has 0 aliphatic carbocycles. The molecule has 0 unspecified atom stereocenters. The summed E-state index contributed by atoms with van der Waals surface area (Å²) < 4.78 is 30.3. The highest BCUT2D eigenvalue weighted by Gasteiger charge is 2.19. The minimum atomic E-state index is -0.812. The third-order valence-electron chi connectivity index (χ3n) is 5.15. The van der Waals surface area contributed by atoms with Crippen LogP contribution in [0.3, 0.4) is 0 Å². The first-order chi connectivity index (χ1) is 17.8. The topological polar surface area (TPSA) is 108 Å². The molecule has 1 heterocycles. The number of hydrogen-bond donors (Lipinski definition) is 2. The Balaban J connectivity index is 0.00000213. The molecule has 0 bridgehead atoms. The number of unbranched alkanes of at least 4 members (excludes halogenated alkanes) is 1. The molecule has 0 aliphatic rings. The van der Waals surface area contributed by atoms with Crippen LogP contribution in [0, 0.1) is 11.6 Å². The summed E-state index contributed by atoms with van der Waals surface area (Å²) in [5.74, 6) is 2.10. The maximum absolute atomic E-state index is 14.2. The zero-order valence-corrected chi connectivity index (χ0v) is 21.8. The summed E-state index contributed by atoms with van der Waals surface area (Å²) in [5, 5.41) is 2.66. The van der Waals surface area contributed by atoms with Gasteiger partial charge in [0.25, 0.3) is 11.5 Å². The van der Waals surface area contributed by atoms with Crippen LogP contribution in [-0.4, -0.2) is 28.7 Å². The highest BCUT2D eigenvalue weighted by atomic mass is 19.1. The number of carbonyl (C=O) groups is 1. The van der Waals surface area contributed by atoms with Gasteiger partial charge in [-0.05, 0) is 30.5 Å². The highest BCUT2D eigenvalue weighted by Crippen LogP contribution is 2.13. The minimum absolute atomic E-state index is 0. The molecule has 0 spiro atoms. The fourth-order valence-electron chi connectivity index (χ4n) is 3.33. The van der Waals surface area contributed by atoms with Gasteiger partial charge in [-0.2, -0.15) is 0 Å². The monoisotopic (exact) mass is 534 g/mol. The van der Waals surface area contributed by atoms with Gasteiger partial charge in [-0.1, -0.05) is 71.0 Å². The van der Waals surface area contributed by atoms with E-state index >= 15 is 0 Å². The molecule has 3 rings (SSSR count). The van der Waals surface area contributed by atoms with E-state index in [9.17, 15) is 23.2 Å². The van der Waals surface area contributed by atoms with E-state index in [0.29, 0.717) is 13.0 Å². The van der Waals surface area contributed by atoms with E-state index in [-0.39, 0.29) is 25.1 Å². The summed E-state index contributed by atoms with van der Waals surface area (Å²) in [6.07, 6.45) is 3.05. The molecule has 38 heavy (non-hydrogen) atoms. The first-order valence-corrected chi connectivity index (χ1v) is 12.2. The molecule has 3 N–H and O–H groups in total. The quantitative estimate of drug-likeness (QED) is 0.315. The molecular formula is C28H40F2N4O4. The first-order valence-electron chi connectivity index (χ1n) is 12.2. The summed E-state index contributed by atoms with van der Waals surface area (Å²) in [6.45, 7) is 5.92. The van der Waals surface area contributed by atoms with Gasteiger partial charge in [0.15, 0.2) is 0 Å². The molecule has 0 aliphatic heterocycles. The fourth-order valence-corrected chi connectivity index (χ4v) is 3.33. The van der Waals surface area contributed by atoms with Gasteiger partial charge in [-0.15, -0.1) is 0 Å². The number of nitrogens with two attached hydrogens (primary N) is 1. The molecule has 3 aromatic rings. The summed E-state index contributed by atoms with van der Waals surface area (Å²) in [6, 6.07) is 12.7. The van der Waals surface area contributed by atoms with Crippen LogP contribution in [0.2, 0.25) is 0 Å². The number of amides is 1. The molecule has 1 amide bonds. The minimum Gasteiger partial charge on any atom is -0.352 e. The van der Waals surface area contributed by atoms with Crippen molar-refractivity contribution in [3.05, 3.63) is 104 Å². The molecule has 2 aromatic carbocycles. The number of hydrogen-bond acceptors (Lipinski definition) is 5. The van der Waals surface area contributed by atoms with Crippen molar-refractivity contribution in [1.29, 1.82) is 0 Å². The van der Waals surface area contributed by atoms with Crippen molar-refractivity contribution >= 4 is 5.91 Å². The lowest BCUT2D eigenvalue weighted by molar-refractivity contribution is 0.0949. The Morgan fingerprint density at radius 3 is 2.16 bits per heavy atom. The van der Waals surface area contributed by atoms with Gasteiger partial charge >= 0.3 is 5.69 Å². The van der Waals surface area contributed by atoms with Crippen molar-refractivity contribution in [3.8, 4) is 0 Å². The van der Waals surface area contributed by atoms with Gasteiger partial charge < -0.3 is 10.2 Å². The third-order valence-corrected chi connectivity index (χ3v) is 5.15. The maximum Gasteiger partial charge on any atom is 0.331 e. The van der Waals surface area contributed by atoms with Crippen LogP contribution in [-0.2, 0) is 24.3 Å². The van der Waals surface area contributed by atoms with E-state index in [1.165, 1.54) is 13.2 Å². The molecule has 0 fully saturated rings. The number of halogens is 2. The van der Waals surface area contributed by atoms with E-state index < -0.39 is 35.3 Å². The lowest BCUT2D eigenvalue weighted by Crippen LogP contribution is -2.44. The Kier molecular flexibility index (Phi) is 16.8. The highest BCUT2D eigenvalue weighted by molar-refractivity contribution is 5.93. The third kappa shape index (κ3) is 10.0. The van der Waals surface area contributed by atoms with E-state index in [2.05, 4.69) is 16.1 Å². The van der Waals surface area contributed by atoms with Crippen LogP contribution < -0.4 is 22.5 Å². The van der Waals surface area contributed by atoms with Gasteiger partial charge in [-0.3, -0.25) is 18.7 Å². The van der Waals surface area contributed by atoms with Crippen molar-refractivity contribution in [2.75, 3.05) is 13.7 Å². The summed E-state index contributed by atoms with van der Waals surface area (Å²) in [7, 11) is 1.40. The predicted octanol–water partition coefficient (Wildman–Crippen LogP) is 4.28. The Labute approximate surface area is 223 Å². The normalized spacial score (nSPS) is 9.76. The number of aromatic nitrogens is 2. The van der Waals surface area contributed by atoms with Gasteiger partial charge in [-0.25, -0.2) is 19.5 Å². The molecule has 210 valence electrons. The molecule has 1 aromatic heterocycles.